The highest BCUT2D eigenvalue weighted by atomic mass is 32.2. The highest BCUT2D eigenvalue weighted by Gasteiger charge is 2.40. The summed E-state index contributed by atoms with van der Waals surface area (Å²) >= 11 is 0. The van der Waals surface area contributed by atoms with Gasteiger partial charge in [0.1, 0.15) is 0 Å². The Labute approximate surface area is 154 Å². The molecule has 0 saturated carbocycles. The standard InChI is InChI=1S/C18H25N3O4S/c1-13(22)20-14-5-7-15(8-6-14)26(24,25)11-3-10-21-9-2-4-16-17(21)12-19-18(16)23/h5-8,16-17H,2-4,9-12H2,1H3,(H,19,23)(H,20,22)/t16-,17-/m1/s1. The van der Waals surface area contributed by atoms with Gasteiger partial charge in [0.2, 0.25) is 11.8 Å². The lowest BCUT2D eigenvalue weighted by Crippen LogP contribution is -2.46. The van der Waals surface area contributed by atoms with Gasteiger partial charge in [0.15, 0.2) is 9.84 Å². The number of nitrogens with zero attached hydrogens (tertiary/aromatic N) is 1. The lowest BCUT2D eigenvalue weighted by molar-refractivity contribution is -0.124. The quantitative estimate of drug-likeness (QED) is 0.769. The number of hydrogen-bond donors (Lipinski definition) is 2. The molecule has 1 aromatic carbocycles. The first-order valence-electron chi connectivity index (χ1n) is 8.99. The van der Waals surface area contributed by atoms with Gasteiger partial charge in [-0.2, -0.15) is 0 Å². The van der Waals surface area contributed by atoms with Gasteiger partial charge in [0.25, 0.3) is 0 Å². The number of carbonyl (C=O) groups excluding carboxylic acids is 2. The number of benzene rings is 1. The average Bonchev–Trinajstić information content (AvgIpc) is 2.97. The Morgan fingerprint density at radius 2 is 2.04 bits per heavy atom. The number of carbonyl (C=O) groups is 2. The van der Waals surface area contributed by atoms with Crippen molar-refractivity contribution in [1.29, 1.82) is 0 Å². The number of hydrogen-bond acceptors (Lipinski definition) is 5. The van der Waals surface area contributed by atoms with Gasteiger partial charge < -0.3 is 10.6 Å². The summed E-state index contributed by atoms with van der Waals surface area (Å²) < 4.78 is 25.0. The number of amides is 2. The van der Waals surface area contributed by atoms with Crippen molar-refractivity contribution in [2.75, 3.05) is 30.7 Å². The molecule has 7 nitrogen and oxygen atoms in total. The monoisotopic (exact) mass is 379 g/mol. The fourth-order valence-corrected chi connectivity index (χ4v) is 5.14. The van der Waals surface area contributed by atoms with E-state index in [-0.39, 0.29) is 34.4 Å². The summed E-state index contributed by atoms with van der Waals surface area (Å²) in [7, 11) is -3.36. The van der Waals surface area contributed by atoms with Crippen LogP contribution in [0.15, 0.2) is 29.2 Å². The third-order valence-electron chi connectivity index (χ3n) is 5.11. The van der Waals surface area contributed by atoms with Crippen LogP contribution in [0.5, 0.6) is 0 Å². The highest BCUT2D eigenvalue weighted by molar-refractivity contribution is 7.91. The Bertz CT molecular complexity index is 776. The summed E-state index contributed by atoms with van der Waals surface area (Å²) in [5, 5.41) is 5.53. The predicted molar refractivity (Wildman–Crippen MR) is 98.5 cm³/mol. The number of rotatable bonds is 6. The molecule has 2 amide bonds. The van der Waals surface area contributed by atoms with Crippen LogP contribution in [0.4, 0.5) is 5.69 Å². The molecule has 26 heavy (non-hydrogen) atoms. The number of nitrogens with one attached hydrogen (secondary N) is 2. The molecule has 3 rings (SSSR count). The lowest BCUT2D eigenvalue weighted by atomic mass is 9.91. The summed E-state index contributed by atoms with van der Waals surface area (Å²) in [4.78, 5) is 25.3. The second-order valence-electron chi connectivity index (χ2n) is 6.98. The first kappa shape index (κ1) is 18.8. The van der Waals surface area contributed by atoms with Crippen LogP contribution in [0.1, 0.15) is 26.2 Å². The van der Waals surface area contributed by atoms with Gasteiger partial charge in [0.05, 0.1) is 16.6 Å². The molecule has 0 spiro atoms. The Morgan fingerprint density at radius 3 is 2.73 bits per heavy atom. The van der Waals surface area contributed by atoms with E-state index in [2.05, 4.69) is 15.5 Å². The zero-order valence-corrected chi connectivity index (χ0v) is 15.7. The van der Waals surface area contributed by atoms with Crippen molar-refractivity contribution in [3.05, 3.63) is 24.3 Å². The molecule has 2 heterocycles. The smallest absolute Gasteiger partial charge is 0.224 e. The third-order valence-corrected chi connectivity index (χ3v) is 6.92. The van der Waals surface area contributed by atoms with Crippen LogP contribution in [0.3, 0.4) is 0 Å². The number of fused-ring (bicyclic) bond motifs is 1. The number of piperidine rings is 1. The summed E-state index contributed by atoms with van der Waals surface area (Å²) in [5.74, 6) is 0.0652. The third kappa shape index (κ3) is 4.24. The fourth-order valence-electron chi connectivity index (χ4n) is 3.84. The van der Waals surface area contributed by atoms with E-state index in [1.807, 2.05) is 0 Å². The Morgan fingerprint density at radius 1 is 1.31 bits per heavy atom. The van der Waals surface area contributed by atoms with E-state index in [4.69, 9.17) is 0 Å². The minimum Gasteiger partial charge on any atom is -0.354 e. The van der Waals surface area contributed by atoms with E-state index in [0.29, 0.717) is 25.2 Å². The van der Waals surface area contributed by atoms with Gasteiger partial charge >= 0.3 is 0 Å². The van der Waals surface area contributed by atoms with Crippen LogP contribution in [-0.4, -0.2) is 56.6 Å². The molecule has 8 heteroatoms. The molecule has 2 atom stereocenters. The summed E-state index contributed by atoms with van der Waals surface area (Å²) in [6, 6.07) is 6.45. The van der Waals surface area contributed by atoms with Crippen LogP contribution in [0.25, 0.3) is 0 Å². The van der Waals surface area contributed by atoms with E-state index in [0.717, 1.165) is 19.4 Å². The number of likely N-dealkylation sites (tertiary alicyclic amines) is 1. The number of sulfone groups is 1. The zero-order chi connectivity index (χ0) is 18.7. The normalized spacial score (nSPS) is 23.3. The molecule has 2 saturated heterocycles. The first-order chi connectivity index (χ1) is 12.4. The lowest BCUT2D eigenvalue weighted by Gasteiger charge is -2.35. The molecule has 2 fully saturated rings. The van der Waals surface area contributed by atoms with E-state index in [1.165, 1.54) is 19.1 Å². The van der Waals surface area contributed by atoms with Crippen LogP contribution < -0.4 is 10.6 Å². The second kappa shape index (κ2) is 7.75. The molecule has 1 aromatic rings. The molecular weight excluding hydrogens is 354 g/mol. The highest BCUT2D eigenvalue weighted by Crippen LogP contribution is 2.27. The summed E-state index contributed by atoms with van der Waals surface area (Å²) in [6.45, 7) is 3.67. The SMILES string of the molecule is CC(=O)Nc1ccc(S(=O)(=O)CCCN2CCC[C@H]3C(=O)NC[C@H]32)cc1. The fraction of sp³-hybridized carbons (Fsp3) is 0.556. The van der Waals surface area contributed by atoms with E-state index >= 15 is 0 Å². The topological polar surface area (TPSA) is 95.6 Å². The van der Waals surface area contributed by atoms with Crippen molar-refractivity contribution in [2.24, 2.45) is 5.92 Å². The van der Waals surface area contributed by atoms with Crippen molar-refractivity contribution in [1.82, 2.24) is 10.2 Å². The molecule has 142 valence electrons. The maximum atomic E-state index is 12.5. The average molecular weight is 379 g/mol. The van der Waals surface area contributed by atoms with Crippen molar-refractivity contribution in [3.8, 4) is 0 Å². The molecule has 0 aliphatic carbocycles. The Kier molecular flexibility index (Phi) is 5.62. The van der Waals surface area contributed by atoms with Crippen molar-refractivity contribution in [3.63, 3.8) is 0 Å². The molecule has 0 unspecified atom stereocenters. The minimum absolute atomic E-state index is 0.0571. The van der Waals surface area contributed by atoms with Crippen LogP contribution >= 0.6 is 0 Å². The molecule has 0 radical (unpaired) electrons. The Balaban J connectivity index is 1.55. The molecular formula is C18H25N3O4S. The molecule has 2 aliphatic heterocycles. The second-order valence-corrected chi connectivity index (χ2v) is 9.08. The van der Waals surface area contributed by atoms with Gasteiger partial charge in [-0.3, -0.25) is 14.5 Å². The van der Waals surface area contributed by atoms with Crippen molar-refractivity contribution < 1.29 is 18.0 Å². The molecule has 2 aliphatic rings. The summed E-state index contributed by atoms with van der Waals surface area (Å²) in [6.07, 6.45) is 2.44. The maximum absolute atomic E-state index is 12.5. The van der Waals surface area contributed by atoms with Gasteiger partial charge in [-0.05, 0) is 56.6 Å². The maximum Gasteiger partial charge on any atom is 0.224 e. The van der Waals surface area contributed by atoms with Gasteiger partial charge in [-0.1, -0.05) is 0 Å². The van der Waals surface area contributed by atoms with Crippen LogP contribution in [0.2, 0.25) is 0 Å². The Hall–Kier alpha value is -1.93. The summed E-state index contributed by atoms with van der Waals surface area (Å²) in [5.41, 5.74) is 0.578. The van der Waals surface area contributed by atoms with E-state index in [1.54, 1.807) is 12.1 Å². The van der Waals surface area contributed by atoms with Crippen LogP contribution in [0, 0.1) is 5.92 Å². The molecule has 0 bridgehead atoms. The van der Waals surface area contributed by atoms with E-state index < -0.39 is 9.84 Å². The van der Waals surface area contributed by atoms with E-state index in [9.17, 15) is 18.0 Å². The van der Waals surface area contributed by atoms with Crippen molar-refractivity contribution >= 4 is 27.3 Å². The van der Waals surface area contributed by atoms with Gasteiger partial charge in [-0.25, -0.2) is 8.42 Å². The molecule has 2 N–H and O–H groups in total. The molecule has 0 aromatic heterocycles. The van der Waals surface area contributed by atoms with Gasteiger partial charge in [0, 0.05) is 25.2 Å². The predicted octanol–water partition coefficient (Wildman–Crippen LogP) is 1.02. The first-order valence-corrected chi connectivity index (χ1v) is 10.6. The zero-order valence-electron chi connectivity index (χ0n) is 14.9. The van der Waals surface area contributed by atoms with Gasteiger partial charge in [-0.15, -0.1) is 0 Å². The van der Waals surface area contributed by atoms with Crippen molar-refractivity contribution in [2.45, 2.75) is 37.1 Å². The minimum atomic E-state index is -3.36. The number of anilines is 1. The largest absolute Gasteiger partial charge is 0.354 e. The van der Waals surface area contributed by atoms with Crippen LogP contribution in [-0.2, 0) is 19.4 Å².